The first-order valence-electron chi connectivity index (χ1n) is 15.5. The van der Waals surface area contributed by atoms with Gasteiger partial charge in [-0.15, -0.1) is 0 Å². The summed E-state index contributed by atoms with van der Waals surface area (Å²) < 4.78 is 4.11. The van der Waals surface area contributed by atoms with E-state index in [0.29, 0.717) is 0 Å². The molecule has 288 valence electrons. The summed E-state index contributed by atoms with van der Waals surface area (Å²) in [4.78, 5) is 18.1. The molecule has 0 aliphatic carbocycles. The SMILES string of the molecule is CC.CC.CC(C)=O.CCC.CCC.C[At].C[At].C[C-]=O.[CH3-].[CH3-].[CH3-].[Y].[Y].c1ccccc1.c1ccccc1.c1ccccc1.c1ccccc1. The van der Waals surface area contributed by atoms with Crippen LogP contribution in [0.4, 0.5) is 0 Å². The van der Waals surface area contributed by atoms with Crippen LogP contribution in [0.5, 0.6) is 0 Å². The number of Topliss-reactive ketones (excluding diaryl/α,β-unsaturated/α-hetero) is 1. The van der Waals surface area contributed by atoms with Gasteiger partial charge in [0.2, 0.25) is 0 Å². The molecule has 50 heavy (non-hydrogen) atoms. The second-order valence-electron chi connectivity index (χ2n) is 7.15. The average Bonchev–Trinajstić information content (AvgIpc) is 3.13. The van der Waals surface area contributed by atoms with Crippen molar-refractivity contribution in [1.29, 1.82) is 0 Å². The minimum atomic E-state index is 0. The van der Waals surface area contributed by atoms with Gasteiger partial charge in [0.05, 0.1) is 0 Å². The van der Waals surface area contributed by atoms with Gasteiger partial charge in [-0.3, -0.25) is 6.29 Å². The van der Waals surface area contributed by atoms with Gasteiger partial charge in [-0.1, -0.05) is 214 Å². The Morgan fingerprint density at radius 1 is 0.400 bits per heavy atom. The molecule has 0 heterocycles. The van der Waals surface area contributed by atoms with Crippen molar-refractivity contribution in [2.45, 2.75) is 98.3 Å². The van der Waals surface area contributed by atoms with E-state index in [2.05, 4.69) is 37.0 Å². The number of carbonyl (C=O) groups excluding carboxylic acids is 2. The number of hydrogen-bond donors (Lipinski definition) is 0. The first kappa shape index (κ1) is 87.8. The third-order valence-corrected chi connectivity index (χ3v) is 2.67. The Bertz CT molecular complexity index is 604. The van der Waals surface area contributed by atoms with E-state index in [1.165, 1.54) is 39.9 Å². The number of carbonyl (C=O) groups is 1. The van der Waals surface area contributed by atoms with Gasteiger partial charge in [0.1, 0.15) is 5.78 Å². The van der Waals surface area contributed by atoms with Crippen LogP contribution < -0.4 is 0 Å². The predicted molar refractivity (Wildman–Crippen MR) is 219 cm³/mol. The van der Waals surface area contributed by atoms with E-state index in [-0.39, 0.29) is 93.5 Å². The second kappa shape index (κ2) is 125. The van der Waals surface area contributed by atoms with Crippen LogP contribution >= 0.6 is 0 Å². The van der Waals surface area contributed by atoms with E-state index in [1.54, 1.807) is 49.4 Å². The summed E-state index contributed by atoms with van der Waals surface area (Å²) in [6.07, 6.45) is 4.00. The topological polar surface area (TPSA) is 34.1 Å². The van der Waals surface area contributed by atoms with Gasteiger partial charge in [-0.05, 0) is 13.8 Å². The monoisotopic (exact) mass is 1230 g/mol. The van der Waals surface area contributed by atoms with E-state index >= 15 is 0 Å². The summed E-state index contributed by atoms with van der Waals surface area (Å²) in [6, 6.07) is 48.0. The molecule has 2 radical (unpaired) electrons. The molecule has 0 aromatic heterocycles. The quantitative estimate of drug-likeness (QED) is 0.164. The molecule has 0 bridgehead atoms. The molecule has 0 aliphatic rings. The first-order valence-corrected chi connectivity index (χ1v) is 21.4. The molecule has 6 heteroatoms. The number of ketones is 1. The summed E-state index contributed by atoms with van der Waals surface area (Å²) >= 11 is 3.44. The van der Waals surface area contributed by atoms with Crippen LogP contribution in [0.3, 0.4) is 0 Å². The Balaban J connectivity index is -0.0000000276. The van der Waals surface area contributed by atoms with E-state index in [9.17, 15) is 4.79 Å². The standard InChI is InChI=1S/4C6H6.C3H6O.2C3H8.C2H3O.2C2H6.2CH3At.3CH3.2Y/c4*1-2-4-6-5-3-1;1-3(2)4;2*1-3-2;1-2-3;4*1-2;;;;;/h4*1-6H;1-2H3;2*3H2,1-2H3;1H3;2*1-2H3;2*1H3;3*1H3;;/q;;;;;;;-1;;;;;3*-1;;. The minimum absolute atomic E-state index is 0. The largest absolute Gasteiger partial charge is 0.542 e. The Morgan fingerprint density at radius 2 is 0.420 bits per heavy atom. The maximum atomic E-state index is 9.44. The van der Waals surface area contributed by atoms with Crippen molar-refractivity contribution in [1.82, 2.24) is 0 Å². The first-order chi connectivity index (χ1) is 22.0. The van der Waals surface area contributed by atoms with Crippen LogP contribution in [0, 0.1) is 71.7 Å². The molecular formula is C44H76At2O2Y2-4. The molecule has 0 saturated heterocycles. The van der Waals surface area contributed by atoms with Gasteiger partial charge in [-0.2, -0.15) is 6.92 Å². The smallest absolute Gasteiger partial charge is 0 e. The Kier molecular flexibility index (Phi) is 220. The van der Waals surface area contributed by atoms with Crippen molar-refractivity contribution in [2.24, 2.45) is 0 Å². The van der Waals surface area contributed by atoms with E-state index in [1.807, 2.05) is 173 Å². The van der Waals surface area contributed by atoms with Crippen LogP contribution in [0.25, 0.3) is 0 Å². The Hall–Kier alpha value is 0.194. The van der Waals surface area contributed by atoms with Crippen molar-refractivity contribution >= 4 is 12.1 Å². The molecule has 0 N–H and O–H groups in total. The average molecular weight is 1230 g/mol. The molecule has 4 rings (SSSR count). The summed E-state index contributed by atoms with van der Waals surface area (Å²) in [7, 11) is 0. The van der Waals surface area contributed by atoms with Crippen molar-refractivity contribution in [3.63, 3.8) is 0 Å². The fraction of sp³-hybridized carbons (Fsp3) is 0.341. The van der Waals surface area contributed by atoms with E-state index in [0.717, 1.165) is 0 Å². The molecule has 0 amide bonds. The van der Waals surface area contributed by atoms with Crippen molar-refractivity contribution in [3.8, 4) is 0 Å². The minimum Gasteiger partial charge on any atom is -0.542 e. The summed E-state index contributed by atoms with van der Waals surface area (Å²) in [5.41, 5.74) is 0. The molecule has 4 aromatic carbocycles. The van der Waals surface area contributed by atoms with Gasteiger partial charge in [0, 0.05) is 65.4 Å². The van der Waals surface area contributed by atoms with E-state index in [4.69, 9.17) is 4.79 Å². The summed E-state index contributed by atoms with van der Waals surface area (Å²) in [6.45, 7) is 20.9. The fourth-order valence-electron chi connectivity index (χ4n) is 1.54. The van der Waals surface area contributed by atoms with Crippen molar-refractivity contribution in [3.05, 3.63) is 168 Å². The predicted octanol–water partition coefficient (Wildman–Crippen LogP) is 14.9. The maximum Gasteiger partial charge on any atom is 0 e. The molecule has 0 aliphatic heterocycles. The Labute approximate surface area is 397 Å². The second-order valence-corrected chi connectivity index (χ2v) is 7.15. The van der Waals surface area contributed by atoms with E-state index < -0.39 is 0 Å². The Morgan fingerprint density at radius 3 is 0.440 bits per heavy atom. The van der Waals surface area contributed by atoms with Crippen LogP contribution in [0.1, 0.15) is 89.0 Å². The zero-order valence-electron chi connectivity index (χ0n) is 35.0. The summed E-state index contributed by atoms with van der Waals surface area (Å²) in [5.74, 6) is 0.167. The van der Waals surface area contributed by atoms with Crippen molar-refractivity contribution < 1.29 is 124 Å². The van der Waals surface area contributed by atoms with Gasteiger partial charge in [0.15, 0.2) is 0 Å². The van der Waals surface area contributed by atoms with Crippen LogP contribution in [-0.4, -0.2) is 12.1 Å². The zero-order chi connectivity index (χ0) is 36.7. The molecular weight excluding hydrogens is 1160 g/mol. The fourth-order valence-corrected chi connectivity index (χ4v) is 1.54. The molecule has 0 saturated carbocycles. The molecule has 0 spiro atoms. The van der Waals surface area contributed by atoms with Gasteiger partial charge >= 0.3 is 58.7 Å². The van der Waals surface area contributed by atoms with Gasteiger partial charge < -0.3 is 31.9 Å². The molecule has 0 fully saturated rings. The van der Waals surface area contributed by atoms with Gasteiger partial charge in [0.25, 0.3) is 0 Å². The molecule has 0 unspecified atom stereocenters. The third-order valence-electron chi connectivity index (χ3n) is 2.67. The van der Waals surface area contributed by atoms with Crippen LogP contribution in [-0.2, 0) is 75.0 Å². The number of hydrogen-bond acceptors (Lipinski definition) is 2. The van der Waals surface area contributed by atoms with Crippen LogP contribution in [0.2, 0.25) is 9.26 Å². The summed E-state index contributed by atoms with van der Waals surface area (Å²) in [5, 5.41) is 0. The number of rotatable bonds is 0. The molecule has 0 atom stereocenters. The van der Waals surface area contributed by atoms with Crippen molar-refractivity contribution in [2.75, 3.05) is 0 Å². The normalized spacial score (nSPS) is 5.82. The third kappa shape index (κ3) is 183. The number of benzene rings is 4. The molecule has 4 aromatic rings. The molecule has 2 nitrogen and oxygen atoms in total. The zero-order valence-corrected chi connectivity index (χ0v) is 46.6. The van der Waals surface area contributed by atoms with Gasteiger partial charge in [-0.25, -0.2) is 0 Å². The van der Waals surface area contributed by atoms with Crippen LogP contribution in [0.15, 0.2) is 146 Å². The maximum absolute atomic E-state index is 9.44.